The first-order valence-electron chi connectivity index (χ1n) is 13.8. The number of amides is 4. The van der Waals surface area contributed by atoms with E-state index in [2.05, 4.69) is 10.6 Å². The minimum absolute atomic E-state index is 0.00268. The third kappa shape index (κ3) is 7.15. The van der Waals surface area contributed by atoms with Gasteiger partial charge >= 0.3 is 6.03 Å². The van der Waals surface area contributed by atoms with E-state index in [4.69, 9.17) is 4.74 Å². The number of hydrogen-bond donors (Lipinski definition) is 3. The molecule has 2 fully saturated rings. The van der Waals surface area contributed by atoms with Gasteiger partial charge in [-0.25, -0.2) is 4.79 Å². The van der Waals surface area contributed by atoms with Gasteiger partial charge in [0.25, 0.3) is 0 Å². The minimum Gasteiger partial charge on any atom is -0.488 e. The topological polar surface area (TPSA) is 111 Å². The molecule has 9 nitrogen and oxygen atoms in total. The van der Waals surface area contributed by atoms with Gasteiger partial charge in [0.15, 0.2) is 0 Å². The molecule has 2 aliphatic carbocycles. The predicted molar refractivity (Wildman–Crippen MR) is 141 cm³/mol. The van der Waals surface area contributed by atoms with Crippen molar-refractivity contribution in [2.75, 3.05) is 32.1 Å². The maximum atomic E-state index is 13.3. The zero-order valence-electron chi connectivity index (χ0n) is 22.4. The van der Waals surface area contributed by atoms with Crippen molar-refractivity contribution < 1.29 is 24.2 Å². The Hall–Kier alpha value is -2.81. The molecule has 3 N–H and O–H groups in total. The maximum Gasteiger partial charge on any atom is 0.317 e. The Labute approximate surface area is 219 Å². The van der Waals surface area contributed by atoms with Crippen LogP contribution in [0.5, 0.6) is 5.75 Å². The first-order valence-corrected chi connectivity index (χ1v) is 13.8. The molecule has 4 rings (SSSR count). The molecule has 204 valence electrons. The lowest BCUT2D eigenvalue weighted by Crippen LogP contribution is -2.50. The molecule has 0 saturated heterocycles. The van der Waals surface area contributed by atoms with E-state index in [-0.39, 0.29) is 60.9 Å². The second-order valence-electron chi connectivity index (χ2n) is 11.1. The number of likely N-dealkylation sites (N-methyl/N-ethyl adjacent to an activating group) is 1. The van der Waals surface area contributed by atoms with Gasteiger partial charge in [-0.1, -0.05) is 26.2 Å². The summed E-state index contributed by atoms with van der Waals surface area (Å²) in [5, 5.41) is 15.9. The summed E-state index contributed by atoms with van der Waals surface area (Å²) in [4.78, 5) is 42.0. The molecule has 0 bridgehead atoms. The SMILES string of the molecule is C[C@H]1CN([C@@H](C)CO)C(=O)Cc2cc(NC(=O)C3CC3)ccc2O[C@@H]1CN(C)C(=O)NC1CCCCC1. The number of urea groups is 1. The molecule has 3 atom stereocenters. The summed E-state index contributed by atoms with van der Waals surface area (Å²) in [5.74, 6) is 0.456. The summed E-state index contributed by atoms with van der Waals surface area (Å²) >= 11 is 0. The minimum atomic E-state index is -0.368. The van der Waals surface area contributed by atoms with Gasteiger partial charge in [-0.15, -0.1) is 0 Å². The van der Waals surface area contributed by atoms with Gasteiger partial charge in [-0.3, -0.25) is 9.59 Å². The van der Waals surface area contributed by atoms with Crippen LogP contribution >= 0.6 is 0 Å². The van der Waals surface area contributed by atoms with Crippen molar-refractivity contribution in [1.29, 1.82) is 0 Å². The van der Waals surface area contributed by atoms with E-state index in [0.29, 0.717) is 30.1 Å². The number of rotatable bonds is 7. The van der Waals surface area contributed by atoms with E-state index < -0.39 is 0 Å². The number of benzene rings is 1. The van der Waals surface area contributed by atoms with Crippen LogP contribution in [0.2, 0.25) is 0 Å². The van der Waals surface area contributed by atoms with Crippen LogP contribution in [-0.4, -0.2) is 77.7 Å². The Bertz CT molecular complexity index is 975. The molecule has 0 radical (unpaired) electrons. The molecule has 0 aromatic heterocycles. The standard InChI is InChI=1S/C28H42N4O5/c1-18-15-32(19(2)17-33)26(34)14-21-13-23(29-27(35)20-9-10-20)11-12-24(21)37-25(18)16-31(3)28(36)30-22-7-5-4-6-8-22/h11-13,18-20,22,25,33H,4-10,14-17H2,1-3H3,(H,29,35)(H,30,36)/t18-,19-,25+/m0/s1. The van der Waals surface area contributed by atoms with Crippen LogP contribution in [0.1, 0.15) is 64.4 Å². The normalized spacial score (nSPS) is 23.6. The summed E-state index contributed by atoms with van der Waals surface area (Å²) in [6.45, 7) is 4.46. The summed E-state index contributed by atoms with van der Waals surface area (Å²) in [5.41, 5.74) is 1.32. The molecule has 4 amide bonds. The van der Waals surface area contributed by atoms with Crippen LogP contribution < -0.4 is 15.4 Å². The Morgan fingerprint density at radius 2 is 1.92 bits per heavy atom. The fourth-order valence-corrected chi connectivity index (χ4v) is 5.20. The summed E-state index contributed by atoms with van der Waals surface area (Å²) in [6, 6.07) is 5.17. The zero-order chi connectivity index (χ0) is 26.5. The summed E-state index contributed by atoms with van der Waals surface area (Å²) in [7, 11) is 1.78. The van der Waals surface area contributed by atoms with Gasteiger partial charge in [0.1, 0.15) is 11.9 Å². The van der Waals surface area contributed by atoms with Crippen LogP contribution in [0.15, 0.2) is 18.2 Å². The number of carbonyl (C=O) groups is 3. The van der Waals surface area contributed by atoms with E-state index >= 15 is 0 Å². The molecule has 1 aromatic rings. The Morgan fingerprint density at radius 1 is 1.19 bits per heavy atom. The number of nitrogens with zero attached hydrogens (tertiary/aromatic N) is 2. The Balaban J connectivity index is 1.54. The maximum absolute atomic E-state index is 13.3. The summed E-state index contributed by atoms with van der Waals surface area (Å²) in [6.07, 6.45) is 7.09. The van der Waals surface area contributed by atoms with E-state index in [1.807, 2.05) is 19.9 Å². The average molecular weight is 515 g/mol. The van der Waals surface area contributed by atoms with Crippen molar-refractivity contribution in [3.63, 3.8) is 0 Å². The number of hydrogen-bond acceptors (Lipinski definition) is 5. The van der Waals surface area contributed by atoms with Crippen LogP contribution in [-0.2, 0) is 16.0 Å². The molecular weight excluding hydrogens is 472 g/mol. The average Bonchev–Trinajstić information content (AvgIpc) is 3.73. The molecule has 1 heterocycles. The molecule has 0 spiro atoms. The molecular formula is C28H42N4O5. The highest BCUT2D eigenvalue weighted by molar-refractivity contribution is 5.94. The van der Waals surface area contributed by atoms with Crippen molar-refractivity contribution in [3.8, 4) is 5.75 Å². The lowest BCUT2D eigenvalue weighted by molar-refractivity contribution is -0.134. The van der Waals surface area contributed by atoms with Crippen molar-refractivity contribution in [1.82, 2.24) is 15.1 Å². The molecule has 1 aromatic carbocycles. The number of aliphatic hydroxyl groups is 1. The predicted octanol–water partition coefficient (Wildman–Crippen LogP) is 3.16. The van der Waals surface area contributed by atoms with Crippen molar-refractivity contribution in [3.05, 3.63) is 23.8 Å². The van der Waals surface area contributed by atoms with Crippen LogP contribution in [0, 0.1) is 11.8 Å². The lowest BCUT2D eigenvalue weighted by Gasteiger charge is -2.34. The van der Waals surface area contributed by atoms with Crippen molar-refractivity contribution in [2.45, 2.75) is 83.4 Å². The largest absolute Gasteiger partial charge is 0.488 e. The van der Waals surface area contributed by atoms with Gasteiger partial charge < -0.3 is 30.3 Å². The quantitative estimate of drug-likeness (QED) is 0.518. The smallest absolute Gasteiger partial charge is 0.317 e. The second-order valence-corrected chi connectivity index (χ2v) is 11.1. The number of fused-ring (bicyclic) bond motifs is 1. The van der Waals surface area contributed by atoms with Gasteiger partial charge in [0.05, 0.1) is 25.6 Å². The van der Waals surface area contributed by atoms with E-state index in [1.54, 1.807) is 29.0 Å². The fourth-order valence-electron chi connectivity index (χ4n) is 5.20. The second kappa shape index (κ2) is 12.2. The third-order valence-electron chi connectivity index (χ3n) is 7.87. The molecule has 3 aliphatic rings. The first-order chi connectivity index (χ1) is 17.7. The van der Waals surface area contributed by atoms with E-state index in [1.165, 1.54) is 6.42 Å². The third-order valence-corrected chi connectivity index (χ3v) is 7.87. The lowest BCUT2D eigenvalue weighted by atomic mass is 9.96. The van der Waals surface area contributed by atoms with Gasteiger partial charge in [-0.05, 0) is 50.8 Å². The molecule has 37 heavy (non-hydrogen) atoms. The molecule has 0 unspecified atom stereocenters. The Morgan fingerprint density at radius 3 is 2.59 bits per heavy atom. The number of anilines is 1. The number of aliphatic hydroxyl groups excluding tert-OH is 1. The van der Waals surface area contributed by atoms with Crippen molar-refractivity contribution in [2.24, 2.45) is 11.8 Å². The van der Waals surface area contributed by atoms with Crippen molar-refractivity contribution >= 4 is 23.5 Å². The highest BCUT2D eigenvalue weighted by Gasteiger charge is 2.33. The number of carbonyl (C=O) groups excluding carboxylic acids is 3. The highest BCUT2D eigenvalue weighted by atomic mass is 16.5. The van der Waals surface area contributed by atoms with Crippen LogP contribution in [0.25, 0.3) is 0 Å². The van der Waals surface area contributed by atoms with E-state index in [9.17, 15) is 19.5 Å². The van der Waals surface area contributed by atoms with Crippen LogP contribution in [0.3, 0.4) is 0 Å². The van der Waals surface area contributed by atoms with Crippen LogP contribution in [0.4, 0.5) is 10.5 Å². The van der Waals surface area contributed by atoms with Gasteiger partial charge in [0.2, 0.25) is 11.8 Å². The van der Waals surface area contributed by atoms with E-state index in [0.717, 1.165) is 38.5 Å². The molecule has 2 saturated carbocycles. The molecule has 9 heteroatoms. The number of nitrogens with one attached hydrogen (secondary N) is 2. The van der Waals surface area contributed by atoms with Gasteiger partial charge in [-0.2, -0.15) is 0 Å². The zero-order valence-corrected chi connectivity index (χ0v) is 22.4. The number of ether oxygens (including phenoxy) is 1. The monoisotopic (exact) mass is 514 g/mol. The molecule has 1 aliphatic heterocycles. The fraction of sp³-hybridized carbons (Fsp3) is 0.679. The highest BCUT2D eigenvalue weighted by Crippen LogP contribution is 2.32. The first kappa shape index (κ1) is 27.2. The van der Waals surface area contributed by atoms with Gasteiger partial charge in [0, 0.05) is 42.7 Å². The Kier molecular flexibility index (Phi) is 8.95. The summed E-state index contributed by atoms with van der Waals surface area (Å²) < 4.78 is 6.49.